The van der Waals surface area contributed by atoms with Gasteiger partial charge in [-0.25, -0.2) is 4.98 Å². The minimum atomic E-state index is 0.0635. The number of fused-ring (bicyclic) bond motifs is 1. The van der Waals surface area contributed by atoms with E-state index in [9.17, 15) is 4.79 Å². The number of hydrogen-bond donors (Lipinski definition) is 0. The third kappa shape index (κ3) is 3.65. The van der Waals surface area contributed by atoms with Gasteiger partial charge in [0.15, 0.2) is 11.5 Å². The largest absolute Gasteiger partial charge is 0.493 e. The van der Waals surface area contributed by atoms with Crippen LogP contribution in [-0.2, 0) is 17.8 Å². The molecule has 0 radical (unpaired) electrons. The lowest BCUT2D eigenvalue weighted by molar-refractivity contribution is -0.130. The Kier molecular flexibility index (Phi) is 5.02. The SMILES string of the molecule is COc1cc2c(cc1OC)CN(C(=O)CN(C)c1cnccn1)CC2. The third-order valence-corrected chi connectivity index (χ3v) is 4.38. The zero-order valence-corrected chi connectivity index (χ0v) is 14.7. The van der Waals surface area contributed by atoms with Crippen LogP contribution in [0.3, 0.4) is 0 Å². The van der Waals surface area contributed by atoms with Crippen LogP contribution < -0.4 is 14.4 Å². The molecule has 0 spiro atoms. The highest BCUT2D eigenvalue weighted by molar-refractivity contribution is 5.81. The number of aromatic nitrogens is 2. The highest BCUT2D eigenvalue weighted by Gasteiger charge is 2.23. The molecule has 2 aromatic rings. The van der Waals surface area contributed by atoms with Crippen molar-refractivity contribution in [1.82, 2.24) is 14.9 Å². The lowest BCUT2D eigenvalue weighted by atomic mass is 9.98. The van der Waals surface area contributed by atoms with Gasteiger partial charge in [0.2, 0.25) is 5.91 Å². The van der Waals surface area contributed by atoms with Crippen molar-refractivity contribution in [2.75, 3.05) is 39.3 Å². The van der Waals surface area contributed by atoms with E-state index in [4.69, 9.17) is 9.47 Å². The Balaban J connectivity index is 1.70. The van der Waals surface area contributed by atoms with Crippen molar-refractivity contribution >= 4 is 11.7 Å². The van der Waals surface area contributed by atoms with E-state index in [1.165, 1.54) is 5.56 Å². The van der Waals surface area contributed by atoms with Crippen LogP contribution in [0.4, 0.5) is 5.82 Å². The second-order valence-electron chi connectivity index (χ2n) is 5.96. The maximum Gasteiger partial charge on any atom is 0.242 e. The van der Waals surface area contributed by atoms with Gasteiger partial charge in [-0.1, -0.05) is 0 Å². The number of methoxy groups -OCH3 is 2. The first-order valence-electron chi connectivity index (χ1n) is 8.11. The summed E-state index contributed by atoms with van der Waals surface area (Å²) >= 11 is 0. The third-order valence-electron chi connectivity index (χ3n) is 4.38. The number of hydrogen-bond acceptors (Lipinski definition) is 6. The molecule has 7 heteroatoms. The Hall–Kier alpha value is -2.83. The molecule has 7 nitrogen and oxygen atoms in total. The molecule has 132 valence electrons. The zero-order valence-electron chi connectivity index (χ0n) is 14.7. The monoisotopic (exact) mass is 342 g/mol. The van der Waals surface area contributed by atoms with E-state index in [0.29, 0.717) is 24.7 Å². The quantitative estimate of drug-likeness (QED) is 0.821. The summed E-state index contributed by atoms with van der Waals surface area (Å²) in [6.45, 7) is 1.53. The summed E-state index contributed by atoms with van der Waals surface area (Å²) in [6, 6.07) is 3.96. The fraction of sp³-hybridized carbons (Fsp3) is 0.389. The van der Waals surface area contributed by atoms with Crippen LogP contribution in [0.1, 0.15) is 11.1 Å². The smallest absolute Gasteiger partial charge is 0.242 e. The summed E-state index contributed by atoms with van der Waals surface area (Å²) in [5.74, 6) is 2.16. The van der Waals surface area contributed by atoms with Crippen molar-refractivity contribution in [1.29, 1.82) is 0 Å². The molecule has 1 aliphatic heterocycles. The molecule has 0 aliphatic carbocycles. The Morgan fingerprint density at radius 2 is 1.92 bits per heavy atom. The van der Waals surface area contributed by atoms with Gasteiger partial charge >= 0.3 is 0 Å². The number of likely N-dealkylation sites (N-methyl/N-ethyl adjacent to an activating group) is 1. The van der Waals surface area contributed by atoms with E-state index < -0.39 is 0 Å². The summed E-state index contributed by atoms with van der Waals surface area (Å²) < 4.78 is 10.7. The fourth-order valence-electron chi connectivity index (χ4n) is 2.97. The molecule has 25 heavy (non-hydrogen) atoms. The zero-order chi connectivity index (χ0) is 17.8. The van der Waals surface area contributed by atoms with Crippen molar-refractivity contribution in [3.05, 3.63) is 41.9 Å². The number of carbonyl (C=O) groups excluding carboxylic acids is 1. The number of nitrogens with zero attached hydrogens (tertiary/aromatic N) is 4. The number of benzene rings is 1. The average Bonchev–Trinajstić information content (AvgIpc) is 2.66. The van der Waals surface area contributed by atoms with Crippen molar-refractivity contribution in [2.24, 2.45) is 0 Å². The summed E-state index contributed by atoms with van der Waals surface area (Å²) in [4.78, 5) is 24.6. The molecule has 1 aromatic heterocycles. The molecule has 1 aromatic carbocycles. The highest BCUT2D eigenvalue weighted by atomic mass is 16.5. The summed E-state index contributed by atoms with van der Waals surface area (Å²) in [5, 5.41) is 0. The van der Waals surface area contributed by atoms with Crippen LogP contribution in [0.2, 0.25) is 0 Å². The van der Waals surface area contributed by atoms with Crippen molar-refractivity contribution in [2.45, 2.75) is 13.0 Å². The lowest BCUT2D eigenvalue weighted by Gasteiger charge is -2.31. The van der Waals surface area contributed by atoms with Gasteiger partial charge in [-0.3, -0.25) is 9.78 Å². The topological polar surface area (TPSA) is 67.8 Å². The molecule has 0 unspecified atom stereocenters. The first kappa shape index (κ1) is 17.0. The van der Waals surface area contributed by atoms with Crippen LogP contribution in [-0.4, -0.2) is 55.1 Å². The van der Waals surface area contributed by atoms with Gasteiger partial charge in [0.25, 0.3) is 0 Å². The number of amides is 1. The molecule has 0 N–H and O–H groups in total. The van der Waals surface area contributed by atoms with E-state index in [1.807, 2.05) is 24.1 Å². The molecular weight excluding hydrogens is 320 g/mol. The van der Waals surface area contributed by atoms with E-state index in [1.54, 1.807) is 37.7 Å². The summed E-state index contributed by atoms with van der Waals surface area (Å²) in [7, 11) is 5.09. The summed E-state index contributed by atoms with van der Waals surface area (Å²) in [6.07, 6.45) is 5.68. The van der Waals surface area contributed by atoms with Crippen LogP contribution in [0.5, 0.6) is 11.5 Å². The van der Waals surface area contributed by atoms with E-state index >= 15 is 0 Å². The van der Waals surface area contributed by atoms with Crippen LogP contribution in [0.15, 0.2) is 30.7 Å². The van der Waals surface area contributed by atoms with Gasteiger partial charge in [-0.15, -0.1) is 0 Å². The number of anilines is 1. The van der Waals surface area contributed by atoms with Crippen LogP contribution in [0.25, 0.3) is 0 Å². The van der Waals surface area contributed by atoms with Gasteiger partial charge in [-0.2, -0.15) is 0 Å². The molecule has 0 fully saturated rings. The average molecular weight is 342 g/mol. The predicted molar refractivity (Wildman–Crippen MR) is 94.0 cm³/mol. The number of carbonyl (C=O) groups is 1. The summed E-state index contributed by atoms with van der Waals surface area (Å²) in [5.41, 5.74) is 2.29. The maximum atomic E-state index is 12.6. The Labute approximate surface area is 147 Å². The number of ether oxygens (including phenoxy) is 2. The predicted octanol–water partition coefficient (Wildman–Crippen LogP) is 1.51. The lowest BCUT2D eigenvalue weighted by Crippen LogP contribution is -2.42. The van der Waals surface area contributed by atoms with Gasteiger partial charge in [0.1, 0.15) is 5.82 Å². The molecule has 2 heterocycles. The minimum absolute atomic E-state index is 0.0635. The molecule has 3 rings (SSSR count). The van der Waals surface area contributed by atoms with Crippen molar-refractivity contribution < 1.29 is 14.3 Å². The fourth-order valence-corrected chi connectivity index (χ4v) is 2.97. The van der Waals surface area contributed by atoms with Gasteiger partial charge < -0.3 is 19.3 Å². The van der Waals surface area contributed by atoms with E-state index in [-0.39, 0.29) is 12.5 Å². The molecule has 1 aliphatic rings. The first-order chi connectivity index (χ1) is 12.1. The molecule has 0 saturated carbocycles. The Morgan fingerprint density at radius 1 is 1.20 bits per heavy atom. The molecule has 1 amide bonds. The van der Waals surface area contributed by atoms with Gasteiger partial charge in [0, 0.05) is 32.5 Å². The van der Waals surface area contributed by atoms with Crippen molar-refractivity contribution in [3.63, 3.8) is 0 Å². The Bertz CT molecular complexity index is 751. The van der Waals surface area contributed by atoms with Crippen molar-refractivity contribution in [3.8, 4) is 11.5 Å². The van der Waals surface area contributed by atoms with Crippen LogP contribution >= 0.6 is 0 Å². The minimum Gasteiger partial charge on any atom is -0.493 e. The second kappa shape index (κ2) is 7.38. The van der Waals surface area contributed by atoms with E-state index in [2.05, 4.69) is 9.97 Å². The highest BCUT2D eigenvalue weighted by Crippen LogP contribution is 2.33. The number of rotatable bonds is 5. The molecule has 0 bridgehead atoms. The second-order valence-corrected chi connectivity index (χ2v) is 5.96. The molecular formula is C18H22N4O3. The van der Waals surface area contributed by atoms with E-state index in [0.717, 1.165) is 17.7 Å². The maximum absolute atomic E-state index is 12.6. The van der Waals surface area contributed by atoms with Gasteiger partial charge in [-0.05, 0) is 29.7 Å². The first-order valence-corrected chi connectivity index (χ1v) is 8.11. The van der Waals surface area contributed by atoms with Gasteiger partial charge in [0.05, 0.1) is 27.0 Å². The Morgan fingerprint density at radius 3 is 2.56 bits per heavy atom. The molecule has 0 atom stereocenters. The standard InChI is InChI=1S/C18H22N4O3/c1-21(17-10-19-5-6-20-17)12-18(23)22-7-4-13-8-15(24-2)16(25-3)9-14(13)11-22/h5-6,8-10H,4,7,11-12H2,1-3H3. The normalized spacial score (nSPS) is 13.2. The molecule has 0 saturated heterocycles. The van der Waals surface area contributed by atoms with Crippen LogP contribution in [0, 0.1) is 0 Å².